The molecule has 0 aromatic carbocycles. The highest BCUT2D eigenvalue weighted by Gasteiger charge is 2.29. The maximum Gasteiger partial charge on any atom is 0.254 e. The van der Waals surface area contributed by atoms with Crippen LogP contribution in [0.4, 0.5) is 5.82 Å². The van der Waals surface area contributed by atoms with Gasteiger partial charge >= 0.3 is 0 Å². The van der Waals surface area contributed by atoms with Gasteiger partial charge in [0.05, 0.1) is 18.7 Å². The molecule has 1 atom stereocenters. The summed E-state index contributed by atoms with van der Waals surface area (Å²) in [6.07, 6.45) is 5.84. The third-order valence-electron chi connectivity index (χ3n) is 5.17. The van der Waals surface area contributed by atoms with Crippen molar-refractivity contribution in [1.82, 2.24) is 24.9 Å². The van der Waals surface area contributed by atoms with Crippen LogP contribution in [-0.2, 0) is 17.8 Å². The number of fused-ring (bicyclic) bond motifs is 1. The molecular weight excluding hydrogens is 344 g/mol. The molecule has 1 amide bonds. The highest BCUT2D eigenvalue weighted by atomic mass is 16.3. The third kappa shape index (κ3) is 3.39. The van der Waals surface area contributed by atoms with E-state index in [2.05, 4.69) is 32.2 Å². The van der Waals surface area contributed by atoms with E-state index < -0.39 is 0 Å². The number of hydrogen-bond acceptors (Lipinski definition) is 6. The van der Waals surface area contributed by atoms with Crippen molar-refractivity contribution < 1.29 is 9.21 Å². The highest BCUT2D eigenvalue weighted by Crippen LogP contribution is 2.28. The lowest BCUT2D eigenvalue weighted by Crippen LogP contribution is -2.44. The van der Waals surface area contributed by atoms with E-state index in [-0.39, 0.29) is 11.8 Å². The van der Waals surface area contributed by atoms with Crippen LogP contribution < -0.4 is 10.2 Å². The van der Waals surface area contributed by atoms with Gasteiger partial charge in [-0.25, -0.2) is 4.98 Å². The van der Waals surface area contributed by atoms with E-state index in [1.54, 1.807) is 10.8 Å². The number of nitrogens with zero attached hydrogens (tertiary/aromatic N) is 5. The van der Waals surface area contributed by atoms with Crippen LogP contribution in [0.3, 0.4) is 0 Å². The molecule has 0 saturated carbocycles. The molecule has 0 bridgehead atoms. The van der Waals surface area contributed by atoms with Gasteiger partial charge in [0.1, 0.15) is 17.9 Å². The molecule has 1 N–H and O–H groups in total. The third-order valence-corrected chi connectivity index (χ3v) is 5.17. The Kier molecular flexibility index (Phi) is 4.79. The largest absolute Gasteiger partial charge is 0.467 e. The first-order valence-corrected chi connectivity index (χ1v) is 9.41. The van der Waals surface area contributed by atoms with Crippen LogP contribution in [0.15, 0.2) is 29.1 Å². The predicted octanol–water partition coefficient (Wildman–Crippen LogP) is 2.12. The number of amides is 1. The van der Waals surface area contributed by atoms with Crippen molar-refractivity contribution >= 4 is 17.5 Å². The Morgan fingerprint density at radius 1 is 1.44 bits per heavy atom. The summed E-state index contributed by atoms with van der Waals surface area (Å²) in [5, 5.41) is 7.36. The summed E-state index contributed by atoms with van der Waals surface area (Å²) in [5.74, 6) is 2.38. The fourth-order valence-electron chi connectivity index (χ4n) is 3.82. The number of anilines is 1. The van der Waals surface area contributed by atoms with Crippen molar-refractivity contribution in [3.8, 4) is 0 Å². The molecule has 1 aliphatic rings. The normalized spacial score (nSPS) is 17.4. The predicted molar refractivity (Wildman–Crippen MR) is 100 cm³/mol. The van der Waals surface area contributed by atoms with Gasteiger partial charge in [-0.1, -0.05) is 6.92 Å². The fourth-order valence-corrected chi connectivity index (χ4v) is 3.82. The van der Waals surface area contributed by atoms with Gasteiger partial charge in [-0.05, 0) is 38.3 Å². The van der Waals surface area contributed by atoms with E-state index in [1.807, 2.05) is 19.1 Å². The minimum atomic E-state index is -0.0644. The number of carbonyl (C=O) groups is 1. The van der Waals surface area contributed by atoms with Crippen LogP contribution in [-0.4, -0.2) is 38.6 Å². The summed E-state index contributed by atoms with van der Waals surface area (Å²) in [6, 6.07) is 3.69. The number of carbonyl (C=O) groups excluding carboxylic acids is 1. The first kappa shape index (κ1) is 17.5. The topological polar surface area (TPSA) is 88.6 Å². The minimum absolute atomic E-state index is 0.0644. The Hall–Kier alpha value is -2.90. The Morgan fingerprint density at radius 3 is 3.11 bits per heavy atom. The van der Waals surface area contributed by atoms with Gasteiger partial charge in [0.15, 0.2) is 0 Å². The lowest BCUT2D eigenvalue weighted by Gasteiger charge is -2.34. The molecule has 1 saturated heterocycles. The molecule has 8 heteroatoms. The van der Waals surface area contributed by atoms with Crippen LogP contribution in [0.2, 0.25) is 0 Å². The molecule has 0 unspecified atom stereocenters. The SMILES string of the molecule is CCc1c(C)nc2ncnn2c1N1CCC[C@H](C(=O)NCc2ccco2)C1. The lowest BCUT2D eigenvalue weighted by molar-refractivity contribution is -0.125. The minimum Gasteiger partial charge on any atom is -0.467 e. The zero-order chi connectivity index (χ0) is 18.8. The first-order valence-electron chi connectivity index (χ1n) is 9.41. The van der Waals surface area contributed by atoms with Crippen LogP contribution >= 0.6 is 0 Å². The second kappa shape index (κ2) is 7.38. The van der Waals surface area contributed by atoms with Gasteiger partial charge in [0.25, 0.3) is 5.78 Å². The number of furan rings is 1. The van der Waals surface area contributed by atoms with Crippen LogP contribution in [0, 0.1) is 12.8 Å². The number of hydrogen-bond donors (Lipinski definition) is 1. The highest BCUT2D eigenvalue weighted by molar-refractivity contribution is 5.79. The molecule has 1 fully saturated rings. The Labute approximate surface area is 157 Å². The number of aromatic nitrogens is 4. The maximum atomic E-state index is 12.7. The lowest BCUT2D eigenvalue weighted by atomic mass is 9.96. The van der Waals surface area contributed by atoms with Gasteiger partial charge in [-0.3, -0.25) is 4.79 Å². The Morgan fingerprint density at radius 2 is 2.33 bits per heavy atom. The quantitative estimate of drug-likeness (QED) is 0.742. The van der Waals surface area contributed by atoms with Gasteiger partial charge in [0.2, 0.25) is 5.91 Å². The van der Waals surface area contributed by atoms with E-state index in [0.29, 0.717) is 18.9 Å². The smallest absolute Gasteiger partial charge is 0.254 e. The molecule has 3 aromatic heterocycles. The summed E-state index contributed by atoms with van der Waals surface area (Å²) in [7, 11) is 0. The summed E-state index contributed by atoms with van der Waals surface area (Å²) < 4.78 is 7.09. The second-order valence-corrected chi connectivity index (χ2v) is 6.91. The Bertz CT molecular complexity index is 933. The molecule has 142 valence electrons. The molecule has 4 heterocycles. The van der Waals surface area contributed by atoms with E-state index in [4.69, 9.17) is 4.42 Å². The van der Waals surface area contributed by atoms with Crippen molar-refractivity contribution in [2.24, 2.45) is 5.92 Å². The average molecular weight is 368 g/mol. The van der Waals surface area contributed by atoms with E-state index in [1.165, 1.54) is 6.33 Å². The van der Waals surface area contributed by atoms with E-state index >= 15 is 0 Å². The molecule has 1 aliphatic heterocycles. The monoisotopic (exact) mass is 368 g/mol. The maximum absolute atomic E-state index is 12.7. The summed E-state index contributed by atoms with van der Waals surface area (Å²) in [4.78, 5) is 23.7. The molecule has 4 rings (SSSR count). The van der Waals surface area contributed by atoms with Crippen molar-refractivity contribution in [3.05, 3.63) is 41.7 Å². The zero-order valence-electron chi connectivity index (χ0n) is 15.7. The molecule has 8 nitrogen and oxygen atoms in total. The number of aryl methyl sites for hydroxylation is 1. The fraction of sp³-hybridized carbons (Fsp3) is 0.474. The standard InChI is InChI=1S/C19H24N6O2/c1-3-16-13(2)23-19-21-12-22-25(19)18(16)24-8-4-6-14(11-24)17(26)20-10-15-7-5-9-27-15/h5,7,9,12,14H,3-4,6,8,10-11H2,1-2H3,(H,20,26)/t14-/m0/s1. The van der Waals surface area contributed by atoms with Gasteiger partial charge in [-0.15, -0.1) is 0 Å². The van der Waals surface area contributed by atoms with Crippen LogP contribution in [0.25, 0.3) is 5.78 Å². The van der Waals surface area contributed by atoms with Crippen molar-refractivity contribution in [2.75, 3.05) is 18.0 Å². The van der Waals surface area contributed by atoms with Gasteiger partial charge in [-0.2, -0.15) is 14.6 Å². The summed E-state index contributed by atoms with van der Waals surface area (Å²) in [6.45, 7) is 6.11. The Balaban J connectivity index is 1.55. The molecule has 0 aliphatic carbocycles. The number of rotatable bonds is 5. The number of piperidine rings is 1. The molecule has 3 aromatic rings. The van der Waals surface area contributed by atoms with E-state index in [0.717, 1.165) is 48.6 Å². The van der Waals surface area contributed by atoms with E-state index in [9.17, 15) is 4.79 Å². The summed E-state index contributed by atoms with van der Waals surface area (Å²) >= 11 is 0. The van der Waals surface area contributed by atoms with Gasteiger partial charge < -0.3 is 14.6 Å². The average Bonchev–Trinajstić information content (AvgIpc) is 3.36. The second-order valence-electron chi connectivity index (χ2n) is 6.91. The first-order chi connectivity index (χ1) is 13.2. The molecule has 0 radical (unpaired) electrons. The van der Waals surface area contributed by atoms with Crippen LogP contribution in [0.5, 0.6) is 0 Å². The zero-order valence-corrected chi connectivity index (χ0v) is 15.7. The van der Waals surface area contributed by atoms with Crippen LogP contribution in [0.1, 0.15) is 36.8 Å². The molecule has 27 heavy (non-hydrogen) atoms. The van der Waals surface area contributed by atoms with Gasteiger partial charge in [0, 0.05) is 24.3 Å². The number of nitrogens with one attached hydrogen (secondary N) is 1. The van der Waals surface area contributed by atoms with Crippen molar-refractivity contribution in [1.29, 1.82) is 0 Å². The summed E-state index contributed by atoms with van der Waals surface area (Å²) in [5.41, 5.74) is 2.13. The van der Waals surface area contributed by atoms with Crippen molar-refractivity contribution in [3.63, 3.8) is 0 Å². The van der Waals surface area contributed by atoms with Crippen molar-refractivity contribution in [2.45, 2.75) is 39.7 Å². The molecule has 0 spiro atoms. The molecular formula is C19H24N6O2.